The Morgan fingerprint density at radius 1 is 1.62 bits per heavy atom. The van der Waals surface area contributed by atoms with Crippen LogP contribution in [-0.2, 0) is 11.3 Å². The van der Waals surface area contributed by atoms with Gasteiger partial charge in [0.15, 0.2) is 5.76 Å². The first-order valence-corrected chi connectivity index (χ1v) is 3.65. The molecule has 0 fully saturated rings. The van der Waals surface area contributed by atoms with Crippen molar-refractivity contribution in [1.29, 1.82) is 0 Å². The Hall–Kier alpha value is -1.98. The maximum Gasteiger partial charge on any atom is 0.240 e. The molecule has 13 heavy (non-hydrogen) atoms. The van der Waals surface area contributed by atoms with E-state index < -0.39 is 0 Å². The van der Waals surface area contributed by atoms with Crippen LogP contribution in [0.3, 0.4) is 0 Å². The van der Waals surface area contributed by atoms with E-state index in [1.54, 1.807) is 12.1 Å². The van der Waals surface area contributed by atoms with Gasteiger partial charge < -0.3 is 9.21 Å². The van der Waals surface area contributed by atoms with Gasteiger partial charge in [0.25, 0.3) is 0 Å². The molecule has 0 N–H and O–H groups in total. The highest BCUT2D eigenvalue weighted by molar-refractivity contribution is 5.49. The van der Waals surface area contributed by atoms with Crippen LogP contribution in [0.15, 0.2) is 22.8 Å². The third-order valence-electron chi connectivity index (χ3n) is 1.43. The van der Waals surface area contributed by atoms with Gasteiger partial charge in [0, 0.05) is 0 Å². The first kappa shape index (κ1) is 7.66. The molecule has 2 heterocycles. The van der Waals surface area contributed by atoms with E-state index in [0.717, 1.165) is 0 Å². The predicted octanol–water partition coefficient (Wildman–Crippen LogP) is 0.132. The standard InChI is InChI=1S/C7H6N4O2/c12-4-3-11-9-7(8-10-11)6-2-1-5-13-6/h1-2,4-5H,3H2. The second kappa shape index (κ2) is 3.18. The van der Waals surface area contributed by atoms with Crippen molar-refractivity contribution in [3.8, 4) is 11.6 Å². The monoisotopic (exact) mass is 178 g/mol. The summed E-state index contributed by atoms with van der Waals surface area (Å²) in [5.41, 5.74) is 0. The second-order valence-corrected chi connectivity index (χ2v) is 2.31. The molecule has 0 bridgehead atoms. The van der Waals surface area contributed by atoms with Gasteiger partial charge in [-0.2, -0.15) is 4.80 Å². The van der Waals surface area contributed by atoms with E-state index in [1.807, 2.05) is 0 Å². The highest BCUT2D eigenvalue weighted by atomic mass is 16.3. The fourth-order valence-corrected chi connectivity index (χ4v) is 0.892. The zero-order valence-electron chi connectivity index (χ0n) is 6.62. The van der Waals surface area contributed by atoms with Crippen LogP contribution in [0, 0.1) is 0 Å². The minimum atomic E-state index is 0.105. The number of carbonyl (C=O) groups is 1. The van der Waals surface area contributed by atoms with Crippen molar-refractivity contribution in [2.24, 2.45) is 0 Å². The van der Waals surface area contributed by atoms with Crippen molar-refractivity contribution in [3.63, 3.8) is 0 Å². The lowest BCUT2D eigenvalue weighted by Crippen LogP contribution is -2.02. The number of furan rings is 1. The van der Waals surface area contributed by atoms with Crippen molar-refractivity contribution in [3.05, 3.63) is 18.4 Å². The van der Waals surface area contributed by atoms with Crippen LogP contribution in [0.2, 0.25) is 0 Å². The normalized spacial score (nSPS) is 10.2. The van der Waals surface area contributed by atoms with E-state index in [9.17, 15) is 4.79 Å². The van der Waals surface area contributed by atoms with Crippen molar-refractivity contribution >= 4 is 6.29 Å². The maximum absolute atomic E-state index is 10.1. The Kier molecular flexibility index (Phi) is 1.87. The average molecular weight is 178 g/mol. The summed E-state index contributed by atoms with van der Waals surface area (Å²) in [6.07, 6.45) is 2.23. The topological polar surface area (TPSA) is 73.8 Å². The molecule has 0 radical (unpaired) electrons. The molecule has 2 aromatic rings. The number of aromatic nitrogens is 4. The van der Waals surface area contributed by atoms with Gasteiger partial charge in [-0.1, -0.05) is 0 Å². The zero-order chi connectivity index (χ0) is 9.10. The summed E-state index contributed by atoms with van der Waals surface area (Å²) < 4.78 is 5.04. The highest BCUT2D eigenvalue weighted by Gasteiger charge is 2.06. The van der Waals surface area contributed by atoms with Crippen molar-refractivity contribution < 1.29 is 9.21 Å². The summed E-state index contributed by atoms with van der Waals surface area (Å²) in [6.45, 7) is 0.105. The van der Waals surface area contributed by atoms with Crippen LogP contribution in [0.25, 0.3) is 11.6 Å². The fourth-order valence-electron chi connectivity index (χ4n) is 0.892. The van der Waals surface area contributed by atoms with Gasteiger partial charge in [0.2, 0.25) is 5.82 Å². The Labute approximate surface area is 73.2 Å². The molecule has 2 rings (SSSR count). The van der Waals surface area contributed by atoms with Crippen LogP contribution in [0.1, 0.15) is 0 Å². The largest absolute Gasteiger partial charge is 0.461 e. The van der Waals surface area contributed by atoms with E-state index in [4.69, 9.17) is 4.42 Å². The van der Waals surface area contributed by atoms with E-state index in [1.165, 1.54) is 11.1 Å². The SMILES string of the molecule is O=CCn1nnc(-c2ccco2)n1. The van der Waals surface area contributed by atoms with Crippen molar-refractivity contribution in [2.75, 3.05) is 0 Å². The third kappa shape index (κ3) is 1.46. The number of carbonyl (C=O) groups excluding carboxylic acids is 1. The van der Waals surface area contributed by atoms with Gasteiger partial charge in [-0.3, -0.25) is 0 Å². The van der Waals surface area contributed by atoms with Crippen LogP contribution in [0.5, 0.6) is 0 Å². The number of tetrazole rings is 1. The fraction of sp³-hybridized carbons (Fsp3) is 0.143. The Morgan fingerprint density at radius 3 is 3.23 bits per heavy atom. The minimum absolute atomic E-state index is 0.105. The number of hydrogen-bond acceptors (Lipinski definition) is 5. The van der Waals surface area contributed by atoms with Gasteiger partial charge in [0.05, 0.1) is 6.26 Å². The van der Waals surface area contributed by atoms with E-state index >= 15 is 0 Å². The zero-order valence-corrected chi connectivity index (χ0v) is 6.62. The molecule has 0 aliphatic heterocycles. The molecule has 0 saturated carbocycles. The van der Waals surface area contributed by atoms with Gasteiger partial charge in [-0.05, 0) is 17.3 Å². The summed E-state index contributed by atoms with van der Waals surface area (Å²) in [7, 11) is 0. The molecule has 0 atom stereocenters. The minimum Gasteiger partial charge on any atom is -0.461 e. The molecule has 6 heteroatoms. The molecule has 6 nitrogen and oxygen atoms in total. The molecular formula is C7H6N4O2. The van der Waals surface area contributed by atoms with E-state index in [2.05, 4.69) is 15.4 Å². The lowest BCUT2D eigenvalue weighted by molar-refractivity contribution is -0.108. The van der Waals surface area contributed by atoms with Crippen LogP contribution in [-0.4, -0.2) is 26.5 Å². The molecular weight excluding hydrogens is 172 g/mol. The van der Waals surface area contributed by atoms with Crippen LogP contribution >= 0.6 is 0 Å². The summed E-state index contributed by atoms with van der Waals surface area (Å²) in [5.74, 6) is 0.920. The summed E-state index contributed by atoms with van der Waals surface area (Å²) >= 11 is 0. The predicted molar refractivity (Wildman–Crippen MR) is 41.6 cm³/mol. The highest BCUT2D eigenvalue weighted by Crippen LogP contribution is 2.12. The molecule has 0 aromatic carbocycles. The number of nitrogens with zero attached hydrogens (tertiary/aromatic N) is 4. The molecule has 66 valence electrons. The van der Waals surface area contributed by atoms with Crippen LogP contribution < -0.4 is 0 Å². The quantitative estimate of drug-likeness (QED) is 0.624. The molecule has 0 saturated heterocycles. The van der Waals surface area contributed by atoms with Gasteiger partial charge in [-0.15, -0.1) is 10.2 Å². The van der Waals surface area contributed by atoms with E-state index in [-0.39, 0.29) is 6.54 Å². The Bertz CT molecular complexity index is 392. The first-order chi connectivity index (χ1) is 6.40. The Morgan fingerprint density at radius 2 is 2.54 bits per heavy atom. The van der Waals surface area contributed by atoms with Crippen molar-refractivity contribution in [1.82, 2.24) is 20.2 Å². The first-order valence-electron chi connectivity index (χ1n) is 3.65. The molecule has 0 amide bonds. The molecule has 0 aliphatic rings. The molecule has 2 aromatic heterocycles. The van der Waals surface area contributed by atoms with Gasteiger partial charge in [-0.25, -0.2) is 0 Å². The number of rotatable bonds is 3. The maximum atomic E-state index is 10.1. The smallest absolute Gasteiger partial charge is 0.240 e. The second-order valence-electron chi connectivity index (χ2n) is 2.31. The lowest BCUT2D eigenvalue weighted by atomic mass is 10.4. The summed E-state index contributed by atoms with van der Waals surface area (Å²) in [4.78, 5) is 11.3. The lowest BCUT2D eigenvalue weighted by Gasteiger charge is -1.85. The molecule has 0 aliphatic carbocycles. The number of aldehydes is 1. The van der Waals surface area contributed by atoms with Gasteiger partial charge >= 0.3 is 0 Å². The van der Waals surface area contributed by atoms with Crippen LogP contribution in [0.4, 0.5) is 0 Å². The summed E-state index contributed by atoms with van der Waals surface area (Å²) in [5, 5.41) is 11.3. The number of hydrogen-bond donors (Lipinski definition) is 0. The Balaban J connectivity index is 2.28. The molecule has 0 spiro atoms. The van der Waals surface area contributed by atoms with Gasteiger partial charge in [0.1, 0.15) is 12.8 Å². The van der Waals surface area contributed by atoms with Crippen molar-refractivity contribution in [2.45, 2.75) is 6.54 Å². The molecule has 0 unspecified atom stereocenters. The average Bonchev–Trinajstić information content (AvgIpc) is 2.70. The van der Waals surface area contributed by atoms with E-state index in [0.29, 0.717) is 17.9 Å². The third-order valence-corrected chi connectivity index (χ3v) is 1.43. The summed E-state index contributed by atoms with van der Waals surface area (Å²) in [6, 6.07) is 3.46.